The van der Waals surface area contributed by atoms with E-state index < -0.39 is 16.4 Å². The molecule has 0 N–H and O–H groups in total. The fraction of sp³-hybridized carbons (Fsp3) is 0.111. The third-order valence-electron chi connectivity index (χ3n) is 1.72. The van der Waals surface area contributed by atoms with Crippen LogP contribution < -0.4 is 0 Å². The molecule has 0 aliphatic heterocycles. The van der Waals surface area contributed by atoms with Crippen molar-refractivity contribution in [3.63, 3.8) is 0 Å². The van der Waals surface area contributed by atoms with Gasteiger partial charge >= 0.3 is 0 Å². The number of hydrogen-bond donors (Lipinski definition) is 0. The van der Waals surface area contributed by atoms with Crippen LogP contribution in [0.15, 0.2) is 18.2 Å². The van der Waals surface area contributed by atoms with E-state index in [0.717, 1.165) is 0 Å². The Hall–Kier alpha value is -2.22. The summed E-state index contributed by atoms with van der Waals surface area (Å²) in [7, 11) is 0. The van der Waals surface area contributed by atoms with Crippen LogP contribution in [0.25, 0.3) is 0 Å². The molecule has 0 atom stereocenters. The van der Waals surface area contributed by atoms with Gasteiger partial charge in [0, 0.05) is 0 Å². The first-order chi connectivity index (χ1) is 6.57. The SMILES string of the molecule is CC(=O)c1cccc(C#N)c1[N+](=O)[O-]. The minimum atomic E-state index is -0.713. The van der Waals surface area contributed by atoms with E-state index in [4.69, 9.17) is 5.26 Å². The van der Waals surface area contributed by atoms with Gasteiger partial charge in [-0.3, -0.25) is 14.9 Å². The molecule has 1 aromatic carbocycles. The van der Waals surface area contributed by atoms with Gasteiger partial charge in [-0.1, -0.05) is 6.07 Å². The largest absolute Gasteiger partial charge is 0.297 e. The number of nitro benzene ring substituents is 1. The van der Waals surface area contributed by atoms with E-state index in [2.05, 4.69) is 0 Å². The third-order valence-corrected chi connectivity index (χ3v) is 1.72. The van der Waals surface area contributed by atoms with Gasteiger partial charge in [-0.15, -0.1) is 0 Å². The summed E-state index contributed by atoms with van der Waals surface area (Å²) in [5.41, 5.74) is -0.542. The molecule has 0 aromatic heterocycles. The zero-order valence-corrected chi connectivity index (χ0v) is 7.35. The molecule has 0 saturated heterocycles. The normalized spacial score (nSPS) is 9.14. The van der Waals surface area contributed by atoms with Crippen molar-refractivity contribution in [2.45, 2.75) is 6.92 Å². The lowest BCUT2D eigenvalue weighted by Gasteiger charge is -1.99. The van der Waals surface area contributed by atoms with Crippen molar-refractivity contribution in [2.75, 3.05) is 0 Å². The minimum Gasteiger partial charge on any atom is -0.294 e. The summed E-state index contributed by atoms with van der Waals surface area (Å²) in [6.07, 6.45) is 0. The van der Waals surface area contributed by atoms with Crippen molar-refractivity contribution in [3.05, 3.63) is 39.4 Å². The Labute approximate surface area is 79.7 Å². The van der Waals surface area contributed by atoms with Crippen molar-refractivity contribution in [1.82, 2.24) is 0 Å². The summed E-state index contributed by atoms with van der Waals surface area (Å²) < 4.78 is 0. The molecule has 1 rings (SSSR count). The van der Waals surface area contributed by atoms with Crippen LogP contribution in [-0.2, 0) is 0 Å². The molecular formula is C9H6N2O3. The van der Waals surface area contributed by atoms with Crippen molar-refractivity contribution < 1.29 is 9.72 Å². The Morgan fingerprint density at radius 1 is 1.57 bits per heavy atom. The van der Waals surface area contributed by atoms with Gasteiger partial charge in [0.25, 0.3) is 5.69 Å². The molecule has 0 aliphatic carbocycles. The van der Waals surface area contributed by atoms with Crippen LogP contribution in [0.3, 0.4) is 0 Å². The van der Waals surface area contributed by atoms with Gasteiger partial charge < -0.3 is 0 Å². The topological polar surface area (TPSA) is 84.0 Å². The maximum atomic E-state index is 11.0. The molecule has 0 saturated carbocycles. The van der Waals surface area contributed by atoms with Gasteiger partial charge in [0.1, 0.15) is 11.6 Å². The van der Waals surface area contributed by atoms with Gasteiger partial charge in [0.15, 0.2) is 5.78 Å². The highest BCUT2D eigenvalue weighted by molar-refractivity contribution is 5.98. The molecule has 0 aliphatic rings. The first kappa shape index (κ1) is 9.86. The number of benzene rings is 1. The molecule has 0 amide bonds. The number of Topliss-reactive ketones (excluding diaryl/α,β-unsaturated/α-hetero) is 1. The predicted molar refractivity (Wildman–Crippen MR) is 47.8 cm³/mol. The smallest absolute Gasteiger partial charge is 0.294 e. The van der Waals surface area contributed by atoms with E-state index in [0.29, 0.717) is 0 Å². The Morgan fingerprint density at radius 2 is 2.21 bits per heavy atom. The number of rotatable bonds is 2. The van der Waals surface area contributed by atoms with E-state index >= 15 is 0 Å². The summed E-state index contributed by atoms with van der Waals surface area (Å²) in [4.78, 5) is 20.9. The second kappa shape index (κ2) is 3.66. The highest BCUT2D eigenvalue weighted by atomic mass is 16.6. The monoisotopic (exact) mass is 190 g/mol. The summed E-state index contributed by atoms with van der Waals surface area (Å²) in [6, 6.07) is 5.77. The van der Waals surface area contributed by atoms with E-state index in [1.807, 2.05) is 0 Å². The van der Waals surface area contributed by atoms with Crippen LogP contribution in [-0.4, -0.2) is 10.7 Å². The molecule has 0 heterocycles. The number of ketones is 1. The fourth-order valence-corrected chi connectivity index (χ4v) is 1.11. The number of carbonyl (C=O) groups excluding carboxylic acids is 1. The lowest BCUT2D eigenvalue weighted by molar-refractivity contribution is -0.385. The van der Waals surface area contributed by atoms with Gasteiger partial charge in [-0.05, 0) is 19.1 Å². The van der Waals surface area contributed by atoms with Gasteiger partial charge in [-0.2, -0.15) is 5.26 Å². The summed E-state index contributed by atoms with van der Waals surface area (Å²) in [6.45, 7) is 1.23. The van der Waals surface area contributed by atoms with Crippen LogP contribution in [0.2, 0.25) is 0 Å². The van der Waals surface area contributed by atoms with Crippen molar-refractivity contribution >= 4 is 11.5 Å². The minimum absolute atomic E-state index is 0.0333. The van der Waals surface area contributed by atoms with Gasteiger partial charge in [-0.25, -0.2) is 0 Å². The summed E-state index contributed by atoms with van der Waals surface area (Å²) in [5, 5.41) is 19.2. The number of hydrogen-bond acceptors (Lipinski definition) is 4. The molecule has 0 unspecified atom stereocenters. The summed E-state index contributed by atoms with van der Waals surface area (Å²) >= 11 is 0. The standard InChI is InChI=1S/C9H6N2O3/c1-6(12)8-4-2-3-7(5-10)9(8)11(13)14/h2-4H,1H3. The van der Waals surface area contributed by atoms with Crippen LogP contribution in [0.1, 0.15) is 22.8 Å². The zero-order valence-electron chi connectivity index (χ0n) is 7.35. The number of carbonyl (C=O) groups is 1. The van der Waals surface area contributed by atoms with Crippen LogP contribution in [0, 0.1) is 21.4 Å². The first-order valence-corrected chi connectivity index (χ1v) is 3.76. The Balaban J connectivity index is 3.53. The van der Waals surface area contributed by atoms with Crippen molar-refractivity contribution in [1.29, 1.82) is 5.26 Å². The summed E-state index contributed by atoms with van der Waals surface area (Å²) in [5.74, 6) is -0.422. The Morgan fingerprint density at radius 3 is 2.64 bits per heavy atom. The predicted octanol–water partition coefficient (Wildman–Crippen LogP) is 1.67. The fourth-order valence-electron chi connectivity index (χ4n) is 1.11. The van der Waals surface area contributed by atoms with Crippen LogP contribution in [0.5, 0.6) is 0 Å². The molecule has 0 fully saturated rings. The lowest BCUT2D eigenvalue weighted by Crippen LogP contribution is -2.02. The number of para-hydroxylation sites is 1. The third kappa shape index (κ3) is 1.59. The van der Waals surface area contributed by atoms with Crippen molar-refractivity contribution in [2.24, 2.45) is 0 Å². The molecule has 0 spiro atoms. The number of nitriles is 1. The van der Waals surface area contributed by atoms with E-state index in [-0.39, 0.29) is 11.1 Å². The highest BCUT2D eigenvalue weighted by Crippen LogP contribution is 2.23. The van der Waals surface area contributed by atoms with E-state index in [1.165, 1.54) is 25.1 Å². The highest BCUT2D eigenvalue weighted by Gasteiger charge is 2.21. The maximum Gasteiger partial charge on any atom is 0.297 e. The average Bonchev–Trinajstić information content (AvgIpc) is 2.16. The number of nitrogens with zero attached hydrogens (tertiary/aromatic N) is 2. The van der Waals surface area contributed by atoms with Gasteiger partial charge in [0.2, 0.25) is 0 Å². The number of nitro groups is 1. The lowest BCUT2D eigenvalue weighted by atomic mass is 10.1. The van der Waals surface area contributed by atoms with E-state index in [1.54, 1.807) is 6.07 Å². The molecule has 1 aromatic rings. The Kier molecular flexibility index (Phi) is 2.58. The first-order valence-electron chi connectivity index (χ1n) is 3.76. The second-order valence-corrected chi connectivity index (χ2v) is 2.63. The van der Waals surface area contributed by atoms with Gasteiger partial charge in [0.05, 0.1) is 10.5 Å². The quantitative estimate of drug-likeness (QED) is 0.403. The molecule has 0 radical (unpaired) electrons. The molecule has 0 bridgehead atoms. The second-order valence-electron chi connectivity index (χ2n) is 2.63. The molecule has 14 heavy (non-hydrogen) atoms. The van der Waals surface area contributed by atoms with Crippen LogP contribution in [0.4, 0.5) is 5.69 Å². The van der Waals surface area contributed by atoms with E-state index in [9.17, 15) is 14.9 Å². The molecular weight excluding hydrogens is 184 g/mol. The Bertz CT molecular complexity index is 446. The molecule has 5 heteroatoms. The maximum absolute atomic E-state index is 11.0. The average molecular weight is 190 g/mol. The molecule has 5 nitrogen and oxygen atoms in total. The zero-order chi connectivity index (χ0) is 10.7. The van der Waals surface area contributed by atoms with Crippen molar-refractivity contribution in [3.8, 4) is 6.07 Å². The molecule has 70 valence electrons. The van der Waals surface area contributed by atoms with Crippen LogP contribution >= 0.6 is 0 Å².